The van der Waals surface area contributed by atoms with Crippen LogP contribution in [0.1, 0.15) is 23.6 Å². The van der Waals surface area contributed by atoms with Crippen molar-refractivity contribution in [2.24, 2.45) is 0 Å². The molecule has 0 bridgehead atoms. The minimum atomic E-state index is -0.743. The van der Waals surface area contributed by atoms with Crippen LogP contribution in [0.4, 0.5) is 17.1 Å². The Kier molecular flexibility index (Phi) is 5.50. The number of carbonyl (C=O) groups excluding carboxylic acids is 1. The Morgan fingerprint density at radius 1 is 1.18 bits per heavy atom. The van der Waals surface area contributed by atoms with E-state index in [2.05, 4.69) is 15.8 Å². The lowest BCUT2D eigenvalue weighted by molar-refractivity contribution is -0.393. The molecule has 28 heavy (non-hydrogen) atoms. The van der Waals surface area contributed by atoms with E-state index in [1.54, 1.807) is 0 Å². The van der Waals surface area contributed by atoms with Gasteiger partial charge < -0.3 is 0 Å². The third kappa shape index (κ3) is 4.07. The Bertz CT molecular complexity index is 932. The molecule has 2 aromatic carbocycles. The number of amides is 1. The lowest BCUT2D eigenvalue weighted by Gasteiger charge is -2.34. The highest BCUT2D eigenvalue weighted by Gasteiger charge is 2.27. The minimum absolute atomic E-state index is 0.0265. The van der Waals surface area contributed by atoms with Crippen LogP contribution in [0.3, 0.4) is 0 Å². The normalized spacial score (nSPS) is 16.1. The molecule has 0 spiro atoms. The van der Waals surface area contributed by atoms with Crippen LogP contribution in [-0.4, -0.2) is 34.2 Å². The SMILES string of the molecule is CN1CCc2ccccc2C1CC(=O)NNc1ccc([N+](=O)[O-])cc1[N+](=O)[O-]. The Morgan fingerprint density at radius 2 is 1.93 bits per heavy atom. The first-order valence-electron chi connectivity index (χ1n) is 8.62. The van der Waals surface area contributed by atoms with E-state index in [1.807, 2.05) is 31.3 Å². The summed E-state index contributed by atoms with van der Waals surface area (Å²) in [6.07, 6.45) is 1.08. The predicted molar refractivity (Wildman–Crippen MR) is 102 cm³/mol. The summed E-state index contributed by atoms with van der Waals surface area (Å²) in [5, 5.41) is 22.0. The maximum Gasteiger partial charge on any atom is 0.300 e. The summed E-state index contributed by atoms with van der Waals surface area (Å²) < 4.78 is 0. The molecule has 0 aromatic heterocycles. The second kappa shape index (κ2) is 8.01. The van der Waals surface area contributed by atoms with Gasteiger partial charge in [-0.15, -0.1) is 0 Å². The lowest BCUT2D eigenvalue weighted by atomic mass is 9.91. The van der Waals surface area contributed by atoms with E-state index in [9.17, 15) is 25.0 Å². The quantitative estimate of drug-likeness (QED) is 0.577. The van der Waals surface area contributed by atoms with E-state index in [0.717, 1.165) is 30.7 Å². The maximum atomic E-state index is 12.4. The summed E-state index contributed by atoms with van der Waals surface area (Å²) in [4.78, 5) is 35.0. The molecule has 10 nitrogen and oxygen atoms in total. The van der Waals surface area contributed by atoms with Crippen molar-refractivity contribution in [3.63, 3.8) is 0 Å². The van der Waals surface area contributed by atoms with Gasteiger partial charge in [-0.3, -0.25) is 40.8 Å². The van der Waals surface area contributed by atoms with Gasteiger partial charge in [0.05, 0.1) is 15.9 Å². The van der Waals surface area contributed by atoms with Crippen LogP contribution in [-0.2, 0) is 11.2 Å². The summed E-state index contributed by atoms with van der Waals surface area (Å²) in [5.74, 6) is -0.346. The van der Waals surface area contributed by atoms with Crippen molar-refractivity contribution in [1.82, 2.24) is 10.3 Å². The third-order valence-electron chi connectivity index (χ3n) is 4.78. The van der Waals surface area contributed by atoms with Crippen molar-refractivity contribution in [3.05, 3.63) is 73.8 Å². The number of non-ortho nitro benzene ring substituents is 1. The van der Waals surface area contributed by atoms with Gasteiger partial charge >= 0.3 is 5.69 Å². The summed E-state index contributed by atoms with van der Waals surface area (Å²) >= 11 is 0. The van der Waals surface area contributed by atoms with Gasteiger partial charge in [0.1, 0.15) is 5.69 Å². The second-order valence-corrected chi connectivity index (χ2v) is 6.54. The second-order valence-electron chi connectivity index (χ2n) is 6.54. The number of nitro groups is 2. The molecule has 1 unspecified atom stereocenters. The molecule has 1 heterocycles. The van der Waals surface area contributed by atoms with E-state index in [-0.39, 0.29) is 24.1 Å². The number of nitrogens with zero attached hydrogens (tertiary/aromatic N) is 3. The molecule has 1 aliphatic rings. The number of nitrogens with one attached hydrogen (secondary N) is 2. The van der Waals surface area contributed by atoms with Crippen LogP contribution in [0, 0.1) is 20.2 Å². The monoisotopic (exact) mass is 385 g/mol. The molecule has 10 heteroatoms. The van der Waals surface area contributed by atoms with Crippen LogP contribution >= 0.6 is 0 Å². The van der Waals surface area contributed by atoms with Crippen molar-refractivity contribution in [2.45, 2.75) is 18.9 Å². The fourth-order valence-corrected chi connectivity index (χ4v) is 3.30. The molecule has 0 aliphatic carbocycles. The summed E-state index contributed by atoms with van der Waals surface area (Å²) in [7, 11) is 1.95. The Balaban J connectivity index is 1.70. The number of hydrogen-bond donors (Lipinski definition) is 2. The summed E-state index contributed by atoms with van der Waals surface area (Å²) in [5.41, 5.74) is 6.34. The predicted octanol–water partition coefficient (Wildman–Crippen LogP) is 2.57. The van der Waals surface area contributed by atoms with Gasteiger partial charge in [0.2, 0.25) is 5.91 Å². The van der Waals surface area contributed by atoms with Crippen LogP contribution in [0.15, 0.2) is 42.5 Å². The van der Waals surface area contributed by atoms with Crippen LogP contribution in [0.5, 0.6) is 0 Å². The number of hydrazine groups is 1. The Morgan fingerprint density at radius 3 is 2.64 bits per heavy atom. The van der Waals surface area contributed by atoms with Crippen LogP contribution in [0.25, 0.3) is 0 Å². The van der Waals surface area contributed by atoms with Crippen molar-refractivity contribution >= 4 is 23.0 Å². The Hall–Kier alpha value is -3.53. The zero-order valence-electron chi connectivity index (χ0n) is 15.1. The molecule has 1 aliphatic heterocycles. The molecule has 146 valence electrons. The zero-order valence-corrected chi connectivity index (χ0v) is 15.1. The van der Waals surface area contributed by atoms with Gasteiger partial charge in [0.15, 0.2) is 0 Å². The smallest absolute Gasteiger partial charge is 0.299 e. The summed E-state index contributed by atoms with van der Waals surface area (Å²) in [6, 6.07) is 11.0. The van der Waals surface area contributed by atoms with Gasteiger partial charge in [-0.25, -0.2) is 0 Å². The largest absolute Gasteiger partial charge is 0.300 e. The topological polar surface area (TPSA) is 131 Å². The van der Waals surface area contributed by atoms with Gasteiger partial charge in [-0.05, 0) is 30.7 Å². The molecule has 0 radical (unpaired) electrons. The van der Waals surface area contributed by atoms with E-state index in [1.165, 1.54) is 11.6 Å². The van der Waals surface area contributed by atoms with E-state index < -0.39 is 21.2 Å². The van der Waals surface area contributed by atoms with Gasteiger partial charge in [-0.1, -0.05) is 24.3 Å². The first-order valence-corrected chi connectivity index (χ1v) is 8.62. The Labute approximate surface area is 160 Å². The van der Waals surface area contributed by atoms with E-state index >= 15 is 0 Å². The van der Waals surface area contributed by atoms with Crippen molar-refractivity contribution in [2.75, 3.05) is 19.0 Å². The molecule has 1 amide bonds. The third-order valence-corrected chi connectivity index (χ3v) is 4.78. The molecule has 1 atom stereocenters. The molecule has 0 fully saturated rings. The highest BCUT2D eigenvalue weighted by Crippen LogP contribution is 2.31. The van der Waals surface area contributed by atoms with Crippen molar-refractivity contribution in [3.8, 4) is 0 Å². The van der Waals surface area contributed by atoms with E-state index in [4.69, 9.17) is 0 Å². The molecule has 2 aromatic rings. The average molecular weight is 385 g/mol. The molecule has 0 saturated heterocycles. The zero-order chi connectivity index (χ0) is 20.3. The number of fused-ring (bicyclic) bond motifs is 1. The standard InChI is InChI=1S/C18H19N5O5/c1-21-9-8-12-4-2-3-5-14(12)16(21)11-18(24)20-19-15-7-6-13(22(25)26)10-17(15)23(27)28/h2-7,10,16,19H,8-9,11H2,1H3,(H,20,24). The minimum Gasteiger partial charge on any atom is -0.299 e. The summed E-state index contributed by atoms with van der Waals surface area (Å²) in [6.45, 7) is 0.830. The van der Waals surface area contributed by atoms with Gasteiger partial charge in [0.25, 0.3) is 5.69 Å². The van der Waals surface area contributed by atoms with Crippen molar-refractivity contribution < 1.29 is 14.6 Å². The van der Waals surface area contributed by atoms with Crippen LogP contribution in [0.2, 0.25) is 0 Å². The van der Waals surface area contributed by atoms with Crippen molar-refractivity contribution in [1.29, 1.82) is 0 Å². The molecular formula is C18H19N5O5. The molecule has 0 saturated carbocycles. The number of likely N-dealkylation sites (N-methyl/N-ethyl adjacent to an activating group) is 1. The van der Waals surface area contributed by atoms with Gasteiger partial charge in [-0.2, -0.15) is 0 Å². The van der Waals surface area contributed by atoms with Crippen LogP contribution < -0.4 is 10.9 Å². The highest BCUT2D eigenvalue weighted by atomic mass is 16.6. The number of hydrogen-bond acceptors (Lipinski definition) is 7. The fraction of sp³-hybridized carbons (Fsp3) is 0.278. The first kappa shape index (κ1) is 19.2. The maximum absolute atomic E-state index is 12.4. The van der Waals surface area contributed by atoms with E-state index in [0.29, 0.717) is 0 Å². The highest BCUT2D eigenvalue weighted by molar-refractivity contribution is 5.79. The number of nitro benzene ring substituents is 2. The number of carbonyl (C=O) groups is 1. The molecule has 3 rings (SSSR count). The fourth-order valence-electron chi connectivity index (χ4n) is 3.30. The molecule has 2 N–H and O–H groups in total. The molecular weight excluding hydrogens is 366 g/mol. The average Bonchev–Trinajstić information content (AvgIpc) is 2.68. The number of rotatable bonds is 6. The first-order chi connectivity index (χ1) is 13.4. The number of anilines is 1. The lowest BCUT2D eigenvalue weighted by Crippen LogP contribution is -2.37. The number of benzene rings is 2. The van der Waals surface area contributed by atoms with Gasteiger partial charge in [0, 0.05) is 25.1 Å².